The van der Waals surface area contributed by atoms with Gasteiger partial charge in [-0.25, -0.2) is 0 Å². The number of allylic oxidation sites excluding steroid dienone is 3. The molecule has 2 aliphatic rings. The normalized spacial score (nSPS) is 24.9. The van der Waals surface area contributed by atoms with Crippen LogP contribution in [0.5, 0.6) is 0 Å². The van der Waals surface area contributed by atoms with Gasteiger partial charge in [-0.15, -0.1) is 0 Å². The van der Waals surface area contributed by atoms with Gasteiger partial charge in [0.2, 0.25) is 0 Å². The molecule has 0 spiro atoms. The van der Waals surface area contributed by atoms with Crippen molar-refractivity contribution in [3.63, 3.8) is 0 Å². The maximum Gasteiger partial charge on any atom is -0.0315 e. The smallest absolute Gasteiger partial charge is 0.0315 e. The van der Waals surface area contributed by atoms with Crippen LogP contribution in [0.15, 0.2) is 23.3 Å². The van der Waals surface area contributed by atoms with Crippen LogP contribution in [0.25, 0.3) is 0 Å². The zero-order valence-electron chi connectivity index (χ0n) is 9.99. The molecule has 0 amide bonds. The molecule has 0 heterocycles. The molecule has 0 N–H and O–H groups in total. The molecule has 2 rings (SSSR count). The Morgan fingerprint density at radius 2 is 0.933 bits per heavy atom. The van der Waals surface area contributed by atoms with E-state index in [2.05, 4.69) is 6.58 Å². The van der Waals surface area contributed by atoms with E-state index in [1.165, 1.54) is 76.2 Å². The van der Waals surface area contributed by atoms with E-state index in [0.29, 0.717) is 0 Å². The predicted molar refractivity (Wildman–Crippen MR) is 67.0 cm³/mol. The molecule has 0 nitrogen and oxygen atoms in total. The fourth-order valence-electron chi connectivity index (χ4n) is 3.02. The average Bonchev–Trinajstić information content (AvgIpc) is 2.74. The molecule has 2 fully saturated rings. The molecule has 0 aromatic heterocycles. The van der Waals surface area contributed by atoms with Gasteiger partial charge < -0.3 is 0 Å². The van der Waals surface area contributed by atoms with Crippen molar-refractivity contribution in [1.82, 2.24) is 0 Å². The van der Waals surface area contributed by atoms with Crippen LogP contribution >= 0.6 is 0 Å². The average molecular weight is 204 g/mol. The van der Waals surface area contributed by atoms with Crippen LogP contribution < -0.4 is 0 Å². The maximum absolute atomic E-state index is 4.16. The zero-order valence-corrected chi connectivity index (χ0v) is 9.99. The largest absolute Gasteiger partial charge is 0.0999 e. The first kappa shape index (κ1) is 11.0. The Labute approximate surface area is 94.5 Å². The van der Waals surface area contributed by atoms with Gasteiger partial charge in [0.25, 0.3) is 0 Å². The molecule has 0 aliphatic heterocycles. The predicted octanol–water partition coefficient (Wildman–Crippen LogP) is 5.16. The highest BCUT2D eigenvalue weighted by atomic mass is 14.2. The molecule has 0 aromatic rings. The van der Waals surface area contributed by atoms with Crippen molar-refractivity contribution in [3.05, 3.63) is 23.3 Å². The standard InChI is InChI=1S/C15H24/c1-13-7-2-3-9-15(12-6-8-13)14-10-4-5-11-14/h1-12H2. The van der Waals surface area contributed by atoms with E-state index in [1.54, 1.807) is 0 Å². The highest BCUT2D eigenvalue weighted by molar-refractivity contribution is 5.17. The number of hydrogen-bond donors (Lipinski definition) is 0. The topological polar surface area (TPSA) is 0 Å². The second kappa shape index (κ2) is 5.53. The van der Waals surface area contributed by atoms with Gasteiger partial charge in [0, 0.05) is 0 Å². The fraction of sp³-hybridized carbons (Fsp3) is 0.733. The monoisotopic (exact) mass is 204 g/mol. The molecule has 0 atom stereocenters. The summed E-state index contributed by atoms with van der Waals surface area (Å²) < 4.78 is 0. The van der Waals surface area contributed by atoms with Gasteiger partial charge in [0.05, 0.1) is 0 Å². The number of rotatable bonds is 0. The molecular weight excluding hydrogens is 180 g/mol. The van der Waals surface area contributed by atoms with Crippen molar-refractivity contribution in [1.29, 1.82) is 0 Å². The summed E-state index contributed by atoms with van der Waals surface area (Å²) in [6, 6.07) is 0. The van der Waals surface area contributed by atoms with Gasteiger partial charge in [-0.2, -0.15) is 0 Å². The van der Waals surface area contributed by atoms with Crippen LogP contribution in [-0.4, -0.2) is 0 Å². The van der Waals surface area contributed by atoms with Crippen molar-refractivity contribution in [3.8, 4) is 0 Å². The first-order valence-electron chi connectivity index (χ1n) is 6.72. The maximum atomic E-state index is 4.16. The van der Waals surface area contributed by atoms with Gasteiger partial charge in [-0.1, -0.05) is 23.3 Å². The van der Waals surface area contributed by atoms with Gasteiger partial charge in [-0.05, 0) is 70.6 Å². The first-order valence-corrected chi connectivity index (χ1v) is 6.72. The van der Waals surface area contributed by atoms with Crippen LogP contribution in [0.4, 0.5) is 0 Å². The van der Waals surface area contributed by atoms with Crippen LogP contribution in [0.1, 0.15) is 70.6 Å². The lowest BCUT2D eigenvalue weighted by Crippen LogP contribution is -1.89. The minimum atomic E-state index is 1.27. The van der Waals surface area contributed by atoms with E-state index in [4.69, 9.17) is 0 Å². The molecule has 2 saturated carbocycles. The molecule has 15 heavy (non-hydrogen) atoms. The third kappa shape index (κ3) is 3.22. The van der Waals surface area contributed by atoms with Gasteiger partial charge in [-0.3, -0.25) is 0 Å². The van der Waals surface area contributed by atoms with Crippen molar-refractivity contribution in [2.24, 2.45) is 0 Å². The zero-order chi connectivity index (χ0) is 10.5. The molecule has 2 aliphatic carbocycles. The fourth-order valence-corrected chi connectivity index (χ4v) is 3.02. The lowest BCUT2D eigenvalue weighted by molar-refractivity contribution is 0.718. The summed E-state index contributed by atoms with van der Waals surface area (Å²) >= 11 is 0. The van der Waals surface area contributed by atoms with Crippen LogP contribution in [0.3, 0.4) is 0 Å². The molecule has 0 heteroatoms. The lowest BCUT2D eigenvalue weighted by atomic mass is 9.97. The van der Waals surface area contributed by atoms with Crippen molar-refractivity contribution in [2.75, 3.05) is 0 Å². The highest BCUT2D eigenvalue weighted by Crippen LogP contribution is 2.33. The Bertz CT molecular complexity index is 249. The minimum absolute atomic E-state index is 1.27. The van der Waals surface area contributed by atoms with Crippen molar-refractivity contribution < 1.29 is 0 Å². The molecule has 84 valence electrons. The summed E-state index contributed by atoms with van der Waals surface area (Å²) in [6.45, 7) is 4.16. The Balaban J connectivity index is 1.98. The molecule has 0 bridgehead atoms. The molecular formula is C15H24. The second-order valence-electron chi connectivity index (χ2n) is 5.22. The summed E-state index contributed by atoms with van der Waals surface area (Å²) in [6.07, 6.45) is 15.2. The molecule has 0 radical (unpaired) electrons. The molecule has 0 aromatic carbocycles. The van der Waals surface area contributed by atoms with E-state index < -0.39 is 0 Å². The summed E-state index contributed by atoms with van der Waals surface area (Å²) in [5, 5.41) is 0. The van der Waals surface area contributed by atoms with Crippen molar-refractivity contribution in [2.45, 2.75) is 70.6 Å². The Kier molecular flexibility index (Phi) is 4.05. The third-order valence-corrected chi connectivity index (χ3v) is 3.97. The summed E-state index contributed by atoms with van der Waals surface area (Å²) in [4.78, 5) is 0. The van der Waals surface area contributed by atoms with Crippen LogP contribution in [0.2, 0.25) is 0 Å². The van der Waals surface area contributed by atoms with Gasteiger partial charge >= 0.3 is 0 Å². The quantitative estimate of drug-likeness (QED) is 0.478. The Hall–Kier alpha value is -0.520. The van der Waals surface area contributed by atoms with Gasteiger partial charge in [0.15, 0.2) is 0 Å². The second-order valence-corrected chi connectivity index (χ2v) is 5.22. The summed E-state index contributed by atoms with van der Waals surface area (Å²) in [5.41, 5.74) is 5.16. The van der Waals surface area contributed by atoms with Crippen LogP contribution in [0, 0.1) is 0 Å². The number of hydrogen-bond acceptors (Lipinski definition) is 0. The van der Waals surface area contributed by atoms with E-state index in [0.717, 1.165) is 0 Å². The van der Waals surface area contributed by atoms with E-state index in [9.17, 15) is 0 Å². The van der Waals surface area contributed by atoms with Crippen molar-refractivity contribution >= 4 is 0 Å². The minimum Gasteiger partial charge on any atom is -0.0999 e. The SMILES string of the molecule is C=C1CCCCC(=C2CCCC2)CCC1. The lowest BCUT2D eigenvalue weighted by Gasteiger charge is -2.09. The summed E-state index contributed by atoms with van der Waals surface area (Å²) in [7, 11) is 0. The molecule has 0 saturated heterocycles. The van der Waals surface area contributed by atoms with Gasteiger partial charge in [0.1, 0.15) is 0 Å². The van der Waals surface area contributed by atoms with Crippen LogP contribution in [-0.2, 0) is 0 Å². The molecule has 0 unspecified atom stereocenters. The first-order chi connectivity index (χ1) is 7.36. The Morgan fingerprint density at radius 1 is 0.533 bits per heavy atom. The van der Waals surface area contributed by atoms with E-state index >= 15 is 0 Å². The summed E-state index contributed by atoms with van der Waals surface area (Å²) in [5.74, 6) is 0. The Morgan fingerprint density at radius 3 is 1.53 bits per heavy atom. The van der Waals surface area contributed by atoms with E-state index in [1.807, 2.05) is 11.1 Å². The third-order valence-electron chi connectivity index (χ3n) is 3.97. The van der Waals surface area contributed by atoms with E-state index in [-0.39, 0.29) is 0 Å². The highest BCUT2D eigenvalue weighted by Gasteiger charge is 2.13.